The first kappa shape index (κ1) is 20.6. The van der Waals surface area contributed by atoms with Crippen molar-refractivity contribution < 1.29 is 4.79 Å². The lowest BCUT2D eigenvalue weighted by molar-refractivity contribution is -0.116. The molecule has 3 rings (SSSR count). The van der Waals surface area contributed by atoms with Crippen LogP contribution in [-0.2, 0) is 11.3 Å². The quantitative estimate of drug-likeness (QED) is 0.718. The number of benzene rings is 2. The Morgan fingerprint density at radius 1 is 1.07 bits per heavy atom. The van der Waals surface area contributed by atoms with Crippen molar-refractivity contribution in [2.75, 3.05) is 5.32 Å². The second-order valence-electron chi connectivity index (χ2n) is 7.64. The van der Waals surface area contributed by atoms with Crippen LogP contribution in [-0.4, -0.2) is 15.0 Å². The third-order valence-electron chi connectivity index (χ3n) is 5.36. The van der Waals surface area contributed by atoms with E-state index in [0.29, 0.717) is 17.3 Å². The van der Waals surface area contributed by atoms with Crippen LogP contribution in [0.1, 0.15) is 43.0 Å². The molecule has 29 heavy (non-hydrogen) atoms. The molecule has 1 atom stereocenters. The van der Waals surface area contributed by atoms with Crippen molar-refractivity contribution in [2.45, 2.75) is 53.6 Å². The number of hydrogen-bond acceptors (Lipinski definition) is 3. The molecule has 0 aliphatic heterocycles. The number of aromatic nitrogens is 2. The Hall–Kier alpha value is -3.15. The van der Waals surface area contributed by atoms with Gasteiger partial charge in [-0.2, -0.15) is 0 Å². The third-order valence-corrected chi connectivity index (χ3v) is 5.36. The molecular formula is C23H27N3O3. The zero-order valence-electron chi connectivity index (χ0n) is 17.6. The van der Waals surface area contributed by atoms with E-state index in [1.807, 2.05) is 46.8 Å². The molecule has 0 unspecified atom stereocenters. The van der Waals surface area contributed by atoms with E-state index in [2.05, 4.69) is 5.32 Å². The molecule has 1 aromatic heterocycles. The monoisotopic (exact) mass is 393 g/mol. The minimum absolute atomic E-state index is 0.164. The number of fused-ring (bicyclic) bond motifs is 1. The van der Waals surface area contributed by atoms with E-state index >= 15 is 0 Å². The number of nitrogens with zero attached hydrogens (tertiary/aromatic N) is 2. The van der Waals surface area contributed by atoms with Gasteiger partial charge in [-0.25, -0.2) is 4.79 Å². The number of hydrogen-bond donors (Lipinski definition) is 1. The molecule has 6 nitrogen and oxygen atoms in total. The van der Waals surface area contributed by atoms with Crippen molar-refractivity contribution in [3.05, 3.63) is 73.9 Å². The van der Waals surface area contributed by atoms with E-state index in [1.54, 1.807) is 24.3 Å². The van der Waals surface area contributed by atoms with E-state index < -0.39 is 5.69 Å². The Morgan fingerprint density at radius 2 is 1.69 bits per heavy atom. The molecule has 0 fully saturated rings. The standard InChI is InChI=1S/C23H27N3O3/c1-6-17(5)26-22(28)18-9-7-8-10-19(18)25(23(26)29)13-20(27)24-21-15(3)11-14(2)12-16(21)4/h7-12,17H,6,13H2,1-5H3,(H,24,27)/t17-/m1/s1. The highest BCUT2D eigenvalue weighted by atomic mass is 16.2. The van der Waals surface area contributed by atoms with Crippen LogP contribution in [0.3, 0.4) is 0 Å². The smallest absolute Gasteiger partial charge is 0.324 e. The number of nitrogens with one attached hydrogen (secondary N) is 1. The average Bonchev–Trinajstić information content (AvgIpc) is 2.67. The van der Waals surface area contributed by atoms with Crippen molar-refractivity contribution in [3.63, 3.8) is 0 Å². The fourth-order valence-corrected chi connectivity index (χ4v) is 3.76. The Kier molecular flexibility index (Phi) is 5.73. The molecule has 152 valence electrons. The summed E-state index contributed by atoms with van der Waals surface area (Å²) in [6, 6.07) is 10.7. The van der Waals surface area contributed by atoms with Crippen LogP contribution in [0.4, 0.5) is 5.69 Å². The van der Waals surface area contributed by atoms with Crippen molar-refractivity contribution in [3.8, 4) is 0 Å². The molecule has 1 amide bonds. The van der Waals surface area contributed by atoms with Gasteiger partial charge in [0.1, 0.15) is 6.54 Å². The van der Waals surface area contributed by atoms with Crippen LogP contribution >= 0.6 is 0 Å². The summed E-state index contributed by atoms with van der Waals surface area (Å²) in [6.45, 7) is 9.49. The summed E-state index contributed by atoms with van der Waals surface area (Å²) in [5.41, 5.74) is 3.51. The number of rotatable bonds is 5. The summed E-state index contributed by atoms with van der Waals surface area (Å²) >= 11 is 0. The molecular weight excluding hydrogens is 366 g/mol. The van der Waals surface area contributed by atoms with Gasteiger partial charge in [0.25, 0.3) is 5.56 Å². The molecule has 2 aromatic carbocycles. The van der Waals surface area contributed by atoms with E-state index in [1.165, 1.54) is 9.13 Å². The lowest BCUT2D eigenvalue weighted by Crippen LogP contribution is -2.43. The number of carbonyl (C=O) groups excluding carboxylic acids is 1. The van der Waals surface area contributed by atoms with E-state index in [9.17, 15) is 14.4 Å². The van der Waals surface area contributed by atoms with Gasteiger partial charge in [0.2, 0.25) is 5.91 Å². The summed E-state index contributed by atoms with van der Waals surface area (Å²) in [4.78, 5) is 38.8. The maximum atomic E-state index is 13.1. The number of carbonyl (C=O) groups is 1. The summed E-state index contributed by atoms with van der Waals surface area (Å²) < 4.78 is 2.63. The van der Waals surface area contributed by atoms with Gasteiger partial charge in [-0.3, -0.25) is 18.7 Å². The Bertz CT molecular complexity index is 1180. The number of para-hydroxylation sites is 1. The van der Waals surface area contributed by atoms with Gasteiger partial charge in [0.05, 0.1) is 10.9 Å². The molecule has 3 aromatic rings. The summed E-state index contributed by atoms with van der Waals surface area (Å²) in [5.74, 6) is -0.304. The lowest BCUT2D eigenvalue weighted by Gasteiger charge is -2.18. The SMILES string of the molecule is CC[C@@H](C)n1c(=O)c2ccccc2n(CC(=O)Nc2c(C)cc(C)cc2C)c1=O. The van der Waals surface area contributed by atoms with Gasteiger partial charge in [-0.15, -0.1) is 0 Å². The van der Waals surface area contributed by atoms with Crippen molar-refractivity contribution >= 4 is 22.5 Å². The second kappa shape index (κ2) is 8.07. The van der Waals surface area contributed by atoms with E-state index in [-0.39, 0.29) is 24.1 Å². The van der Waals surface area contributed by atoms with Gasteiger partial charge in [0, 0.05) is 11.7 Å². The van der Waals surface area contributed by atoms with Crippen LogP contribution in [0.25, 0.3) is 10.9 Å². The average molecular weight is 393 g/mol. The Labute approximate surface area is 169 Å². The van der Waals surface area contributed by atoms with Crippen LogP contribution in [0.2, 0.25) is 0 Å². The van der Waals surface area contributed by atoms with Crippen LogP contribution in [0, 0.1) is 20.8 Å². The minimum atomic E-state index is -0.462. The highest BCUT2D eigenvalue weighted by molar-refractivity contribution is 5.93. The van der Waals surface area contributed by atoms with Gasteiger partial charge in [0.15, 0.2) is 0 Å². The predicted octanol–water partition coefficient (Wildman–Crippen LogP) is 3.70. The molecule has 0 radical (unpaired) electrons. The van der Waals surface area contributed by atoms with E-state index in [4.69, 9.17) is 0 Å². The Balaban J connectivity index is 2.07. The molecule has 0 saturated heterocycles. The Morgan fingerprint density at radius 3 is 2.31 bits per heavy atom. The summed E-state index contributed by atoms with van der Waals surface area (Å²) in [6.07, 6.45) is 0.640. The number of anilines is 1. The molecule has 6 heteroatoms. The topological polar surface area (TPSA) is 73.1 Å². The molecule has 0 bridgehead atoms. The van der Waals surface area contributed by atoms with Crippen LogP contribution < -0.4 is 16.6 Å². The maximum absolute atomic E-state index is 13.1. The summed E-state index contributed by atoms with van der Waals surface area (Å²) in [7, 11) is 0. The molecule has 0 spiro atoms. The van der Waals surface area contributed by atoms with Crippen molar-refractivity contribution in [2.24, 2.45) is 0 Å². The fraction of sp³-hybridized carbons (Fsp3) is 0.348. The molecule has 1 heterocycles. The zero-order valence-corrected chi connectivity index (χ0v) is 17.6. The first-order chi connectivity index (χ1) is 13.7. The first-order valence-corrected chi connectivity index (χ1v) is 9.86. The predicted molar refractivity (Wildman–Crippen MR) is 117 cm³/mol. The van der Waals surface area contributed by atoms with Crippen molar-refractivity contribution in [1.82, 2.24) is 9.13 Å². The largest absolute Gasteiger partial charge is 0.332 e. The highest BCUT2D eigenvalue weighted by Crippen LogP contribution is 2.22. The third kappa shape index (κ3) is 3.88. The minimum Gasteiger partial charge on any atom is -0.324 e. The van der Waals surface area contributed by atoms with E-state index in [0.717, 1.165) is 22.4 Å². The summed E-state index contributed by atoms with van der Waals surface area (Å²) in [5, 5.41) is 3.37. The van der Waals surface area contributed by atoms with Crippen LogP contribution in [0.5, 0.6) is 0 Å². The van der Waals surface area contributed by atoms with Gasteiger partial charge in [-0.05, 0) is 57.4 Å². The maximum Gasteiger partial charge on any atom is 0.332 e. The fourth-order valence-electron chi connectivity index (χ4n) is 3.76. The van der Waals surface area contributed by atoms with Gasteiger partial charge in [-0.1, -0.05) is 36.8 Å². The highest BCUT2D eigenvalue weighted by Gasteiger charge is 2.18. The molecule has 0 aliphatic rings. The number of aryl methyl sites for hydroxylation is 3. The second-order valence-corrected chi connectivity index (χ2v) is 7.64. The zero-order chi connectivity index (χ0) is 21.3. The van der Waals surface area contributed by atoms with Gasteiger partial charge < -0.3 is 5.32 Å². The first-order valence-electron chi connectivity index (χ1n) is 9.86. The van der Waals surface area contributed by atoms with Gasteiger partial charge >= 0.3 is 5.69 Å². The lowest BCUT2D eigenvalue weighted by atomic mass is 10.1. The van der Waals surface area contributed by atoms with Crippen molar-refractivity contribution in [1.29, 1.82) is 0 Å². The van der Waals surface area contributed by atoms with Crippen LogP contribution in [0.15, 0.2) is 46.0 Å². The normalized spacial score (nSPS) is 12.2. The number of amides is 1. The molecule has 1 N–H and O–H groups in total. The molecule has 0 aliphatic carbocycles. The molecule has 0 saturated carbocycles.